The molecule has 0 radical (unpaired) electrons. The first kappa shape index (κ1) is 8.60. The second-order valence-corrected chi connectivity index (χ2v) is 3.40. The maximum Gasteiger partial charge on any atom is 0.242 e. The maximum absolute atomic E-state index is 12.7. The average Bonchev–Trinajstić information content (AvgIpc) is 2.82. The van der Waals surface area contributed by atoms with Crippen molar-refractivity contribution in [2.24, 2.45) is 5.92 Å². The molecule has 0 spiro atoms. The summed E-state index contributed by atoms with van der Waals surface area (Å²) in [4.78, 5) is 0. The van der Waals surface area contributed by atoms with E-state index in [-0.39, 0.29) is 11.7 Å². The van der Waals surface area contributed by atoms with Gasteiger partial charge in [0, 0.05) is 5.92 Å². The lowest BCUT2D eigenvalue weighted by atomic mass is 10.1. The molecule has 1 aromatic rings. The molecular formula is C10H9F3. The molecule has 2 atom stereocenters. The van der Waals surface area contributed by atoms with E-state index in [0.717, 1.165) is 0 Å². The van der Waals surface area contributed by atoms with Crippen LogP contribution >= 0.6 is 0 Å². The zero-order valence-electron chi connectivity index (χ0n) is 6.88. The van der Waals surface area contributed by atoms with E-state index in [0.29, 0.717) is 12.0 Å². The zero-order valence-corrected chi connectivity index (χ0v) is 6.88. The summed E-state index contributed by atoms with van der Waals surface area (Å²) in [5, 5.41) is 0. The summed E-state index contributed by atoms with van der Waals surface area (Å²) in [6.45, 7) is 0. The van der Waals surface area contributed by atoms with Crippen LogP contribution in [0.25, 0.3) is 0 Å². The van der Waals surface area contributed by atoms with Gasteiger partial charge in [-0.05, 0) is 30.0 Å². The van der Waals surface area contributed by atoms with Gasteiger partial charge in [0.1, 0.15) is 5.82 Å². The van der Waals surface area contributed by atoms with Crippen LogP contribution in [0.3, 0.4) is 0 Å². The number of halogens is 3. The Hall–Kier alpha value is -0.990. The molecule has 13 heavy (non-hydrogen) atoms. The summed E-state index contributed by atoms with van der Waals surface area (Å²) in [5.41, 5.74) is 0.699. The van der Waals surface area contributed by atoms with E-state index >= 15 is 0 Å². The van der Waals surface area contributed by atoms with Crippen molar-refractivity contribution in [2.75, 3.05) is 0 Å². The van der Waals surface area contributed by atoms with Gasteiger partial charge in [-0.25, -0.2) is 13.2 Å². The summed E-state index contributed by atoms with van der Waals surface area (Å²) in [6, 6.07) is 5.93. The van der Waals surface area contributed by atoms with Crippen LogP contribution in [0.2, 0.25) is 0 Å². The molecule has 0 amide bonds. The molecule has 1 aromatic carbocycles. The molecular weight excluding hydrogens is 177 g/mol. The van der Waals surface area contributed by atoms with E-state index in [1.165, 1.54) is 12.1 Å². The highest BCUT2D eigenvalue weighted by Crippen LogP contribution is 2.50. The summed E-state index contributed by atoms with van der Waals surface area (Å²) in [7, 11) is 0. The lowest BCUT2D eigenvalue weighted by Gasteiger charge is -1.99. The van der Waals surface area contributed by atoms with E-state index in [4.69, 9.17) is 0 Å². The van der Waals surface area contributed by atoms with Crippen molar-refractivity contribution < 1.29 is 13.2 Å². The van der Waals surface area contributed by atoms with Crippen molar-refractivity contribution in [3.05, 3.63) is 35.6 Å². The third kappa shape index (κ3) is 1.69. The number of hydrogen-bond acceptors (Lipinski definition) is 0. The fourth-order valence-corrected chi connectivity index (χ4v) is 1.61. The smallest absolute Gasteiger partial charge is 0.210 e. The molecule has 1 fully saturated rings. The minimum atomic E-state index is -2.27. The molecule has 0 aliphatic heterocycles. The Morgan fingerprint density at radius 2 is 2.08 bits per heavy atom. The summed E-state index contributed by atoms with van der Waals surface area (Å²) in [6.07, 6.45) is -1.78. The predicted octanol–water partition coefficient (Wildman–Crippen LogP) is 3.19. The highest BCUT2D eigenvalue weighted by Gasteiger charge is 2.44. The molecule has 0 heterocycles. The first-order chi connectivity index (χ1) is 6.18. The number of alkyl halides is 2. The molecule has 1 aliphatic rings. The topological polar surface area (TPSA) is 0 Å². The minimum Gasteiger partial charge on any atom is -0.210 e. The van der Waals surface area contributed by atoms with Gasteiger partial charge < -0.3 is 0 Å². The molecule has 2 unspecified atom stereocenters. The highest BCUT2D eigenvalue weighted by molar-refractivity contribution is 5.26. The Bertz CT molecular complexity index is 309. The molecule has 0 bridgehead atoms. The molecule has 70 valence electrons. The van der Waals surface area contributed by atoms with Crippen molar-refractivity contribution >= 4 is 0 Å². The largest absolute Gasteiger partial charge is 0.242 e. The monoisotopic (exact) mass is 186 g/mol. The van der Waals surface area contributed by atoms with Gasteiger partial charge >= 0.3 is 0 Å². The van der Waals surface area contributed by atoms with Crippen LogP contribution in [0, 0.1) is 11.7 Å². The first-order valence-corrected chi connectivity index (χ1v) is 4.22. The van der Waals surface area contributed by atoms with Gasteiger partial charge in [-0.2, -0.15) is 0 Å². The van der Waals surface area contributed by atoms with Crippen LogP contribution in [0.4, 0.5) is 13.2 Å². The second-order valence-electron chi connectivity index (χ2n) is 3.40. The van der Waals surface area contributed by atoms with Crippen LogP contribution in [-0.4, -0.2) is 6.43 Å². The predicted molar refractivity (Wildman–Crippen MR) is 43.3 cm³/mol. The van der Waals surface area contributed by atoms with Gasteiger partial charge in [-0.3, -0.25) is 0 Å². The minimum absolute atomic E-state index is 0.129. The van der Waals surface area contributed by atoms with Gasteiger partial charge in [-0.15, -0.1) is 0 Å². The van der Waals surface area contributed by atoms with Gasteiger partial charge in [0.25, 0.3) is 0 Å². The third-order valence-corrected chi connectivity index (χ3v) is 2.44. The lowest BCUT2D eigenvalue weighted by molar-refractivity contribution is 0.120. The molecule has 0 nitrogen and oxygen atoms in total. The Labute approximate surface area is 74.4 Å². The molecule has 2 rings (SSSR count). The van der Waals surface area contributed by atoms with E-state index in [2.05, 4.69) is 0 Å². The van der Waals surface area contributed by atoms with Crippen LogP contribution in [0.5, 0.6) is 0 Å². The van der Waals surface area contributed by atoms with Crippen molar-refractivity contribution in [3.8, 4) is 0 Å². The van der Waals surface area contributed by atoms with Crippen molar-refractivity contribution in [1.29, 1.82) is 0 Å². The van der Waals surface area contributed by atoms with Crippen LogP contribution in [0.1, 0.15) is 17.9 Å². The summed E-state index contributed by atoms with van der Waals surface area (Å²) in [5.74, 6) is -1.03. The van der Waals surface area contributed by atoms with Crippen molar-refractivity contribution in [3.63, 3.8) is 0 Å². The number of rotatable bonds is 2. The third-order valence-electron chi connectivity index (χ3n) is 2.44. The van der Waals surface area contributed by atoms with E-state index in [9.17, 15) is 13.2 Å². The number of benzene rings is 1. The fourth-order valence-electron chi connectivity index (χ4n) is 1.61. The Balaban J connectivity index is 2.12. The lowest BCUT2D eigenvalue weighted by Crippen LogP contribution is -1.95. The van der Waals surface area contributed by atoms with Gasteiger partial charge in [0.2, 0.25) is 6.43 Å². The number of hydrogen-bond donors (Lipinski definition) is 0. The van der Waals surface area contributed by atoms with Gasteiger partial charge in [0.15, 0.2) is 0 Å². The normalized spacial score (nSPS) is 26.5. The summed E-state index contributed by atoms with van der Waals surface area (Å²) < 4.78 is 37.0. The highest BCUT2D eigenvalue weighted by atomic mass is 19.3. The average molecular weight is 186 g/mol. The van der Waals surface area contributed by atoms with Crippen molar-refractivity contribution in [2.45, 2.75) is 18.8 Å². The van der Waals surface area contributed by atoms with Gasteiger partial charge in [-0.1, -0.05) is 12.1 Å². The van der Waals surface area contributed by atoms with E-state index < -0.39 is 12.3 Å². The SMILES string of the molecule is Fc1cccc(C2CC2C(F)F)c1. The molecule has 3 heteroatoms. The Morgan fingerprint density at radius 3 is 2.62 bits per heavy atom. The second kappa shape index (κ2) is 3.05. The molecule has 1 saturated carbocycles. The maximum atomic E-state index is 12.7. The molecule has 1 aliphatic carbocycles. The fraction of sp³-hybridized carbons (Fsp3) is 0.400. The first-order valence-electron chi connectivity index (χ1n) is 4.22. The van der Waals surface area contributed by atoms with Gasteiger partial charge in [0.05, 0.1) is 0 Å². The van der Waals surface area contributed by atoms with Crippen LogP contribution in [-0.2, 0) is 0 Å². The molecule has 0 aromatic heterocycles. The Morgan fingerprint density at radius 1 is 1.31 bits per heavy atom. The summed E-state index contributed by atoms with van der Waals surface area (Å²) >= 11 is 0. The van der Waals surface area contributed by atoms with E-state index in [1.54, 1.807) is 12.1 Å². The van der Waals surface area contributed by atoms with E-state index in [1.807, 2.05) is 0 Å². The molecule has 0 saturated heterocycles. The van der Waals surface area contributed by atoms with Crippen LogP contribution < -0.4 is 0 Å². The quantitative estimate of drug-likeness (QED) is 0.665. The zero-order chi connectivity index (χ0) is 9.42. The standard InChI is InChI=1S/C10H9F3/c11-7-3-1-2-6(4-7)8-5-9(8)10(12)13/h1-4,8-10H,5H2. The Kier molecular flexibility index (Phi) is 2.02. The van der Waals surface area contributed by atoms with Crippen molar-refractivity contribution in [1.82, 2.24) is 0 Å². The molecule has 0 N–H and O–H groups in total. The van der Waals surface area contributed by atoms with Crippen LogP contribution in [0.15, 0.2) is 24.3 Å².